The molecule has 1 unspecified atom stereocenters. The third-order valence-corrected chi connectivity index (χ3v) is 4.67. The number of benzene rings is 1. The van der Waals surface area contributed by atoms with Gasteiger partial charge in [-0.15, -0.1) is 0 Å². The molecule has 0 spiro atoms. The smallest absolute Gasteiger partial charge is 0.113 e. The van der Waals surface area contributed by atoms with Crippen molar-refractivity contribution in [2.45, 2.75) is 51.1 Å². The van der Waals surface area contributed by atoms with Gasteiger partial charge in [0.1, 0.15) is 5.82 Å². The van der Waals surface area contributed by atoms with Crippen LogP contribution in [0.1, 0.15) is 56.0 Å². The van der Waals surface area contributed by atoms with Crippen molar-refractivity contribution < 1.29 is 0 Å². The fraction of sp³-hybridized carbons (Fsp3) is 0.562. The first-order valence-electron chi connectivity index (χ1n) is 7.48. The first-order valence-corrected chi connectivity index (χ1v) is 7.48. The largest absolute Gasteiger partial charge is 0.326 e. The van der Waals surface area contributed by atoms with Crippen LogP contribution in [0, 0.1) is 5.92 Å². The van der Waals surface area contributed by atoms with Crippen LogP contribution >= 0.6 is 0 Å². The first-order chi connectivity index (χ1) is 9.28. The van der Waals surface area contributed by atoms with Crippen LogP contribution in [-0.2, 0) is 6.54 Å². The van der Waals surface area contributed by atoms with Gasteiger partial charge >= 0.3 is 0 Å². The summed E-state index contributed by atoms with van der Waals surface area (Å²) in [5.74, 6) is 2.78. The summed E-state index contributed by atoms with van der Waals surface area (Å²) in [6.07, 6.45) is 5.38. The molecule has 100 valence electrons. The van der Waals surface area contributed by atoms with Crippen molar-refractivity contribution in [3.05, 3.63) is 29.6 Å². The topological polar surface area (TPSA) is 43.8 Å². The number of hydrogen-bond acceptors (Lipinski definition) is 2. The monoisotopic (exact) mass is 255 g/mol. The van der Waals surface area contributed by atoms with Crippen molar-refractivity contribution in [1.29, 1.82) is 0 Å². The number of nitrogens with two attached hydrogens (primary N) is 1. The molecule has 0 radical (unpaired) electrons. The Hall–Kier alpha value is -1.35. The van der Waals surface area contributed by atoms with Gasteiger partial charge in [-0.3, -0.25) is 0 Å². The second-order valence-electron chi connectivity index (χ2n) is 6.22. The van der Waals surface area contributed by atoms with Crippen LogP contribution in [0.5, 0.6) is 0 Å². The summed E-state index contributed by atoms with van der Waals surface area (Å²) in [4.78, 5) is 4.95. The van der Waals surface area contributed by atoms with E-state index in [-0.39, 0.29) is 0 Å². The van der Waals surface area contributed by atoms with E-state index in [2.05, 4.69) is 29.7 Å². The summed E-state index contributed by atoms with van der Waals surface area (Å²) in [7, 11) is 0. The van der Waals surface area contributed by atoms with Gasteiger partial charge in [0.15, 0.2) is 0 Å². The molecule has 0 saturated heterocycles. The number of nitrogens with zero attached hydrogens (tertiary/aromatic N) is 2. The lowest BCUT2D eigenvalue weighted by molar-refractivity contribution is 0.572. The lowest BCUT2D eigenvalue weighted by atomic mass is 10.1. The molecule has 0 aliphatic heterocycles. The molecule has 2 aromatic rings. The Morgan fingerprint density at radius 1 is 1.32 bits per heavy atom. The molecule has 2 saturated carbocycles. The Labute approximate surface area is 113 Å². The summed E-state index contributed by atoms with van der Waals surface area (Å²) in [6, 6.07) is 7.22. The van der Waals surface area contributed by atoms with Gasteiger partial charge in [0.05, 0.1) is 11.0 Å². The Balaban J connectivity index is 1.87. The summed E-state index contributed by atoms with van der Waals surface area (Å²) in [5.41, 5.74) is 9.36. The molecule has 19 heavy (non-hydrogen) atoms. The molecule has 0 bridgehead atoms. The molecule has 1 atom stereocenters. The van der Waals surface area contributed by atoms with Gasteiger partial charge in [0.2, 0.25) is 0 Å². The molecule has 2 aliphatic rings. The van der Waals surface area contributed by atoms with Crippen molar-refractivity contribution in [2.24, 2.45) is 11.7 Å². The van der Waals surface area contributed by atoms with E-state index in [4.69, 9.17) is 10.7 Å². The number of aromatic nitrogens is 2. The van der Waals surface area contributed by atoms with E-state index in [1.165, 1.54) is 42.6 Å². The minimum Gasteiger partial charge on any atom is -0.326 e. The molecule has 3 heteroatoms. The quantitative estimate of drug-likeness (QED) is 0.910. The van der Waals surface area contributed by atoms with Gasteiger partial charge < -0.3 is 10.3 Å². The molecule has 1 aromatic heterocycles. The molecular formula is C16H21N3. The van der Waals surface area contributed by atoms with E-state index in [1.807, 2.05) is 0 Å². The van der Waals surface area contributed by atoms with Crippen LogP contribution in [0.2, 0.25) is 0 Å². The van der Waals surface area contributed by atoms with Crippen LogP contribution in [-0.4, -0.2) is 9.55 Å². The van der Waals surface area contributed by atoms with Crippen LogP contribution in [0.15, 0.2) is 18.2 Å². The number of rotatable bonds is 4. The Kier molecular flexibility index (Phi) is 2.46. The van der Waals surface area contributed by atoms with E-state index < -0.39 is 0 Å². The number of imidazole rings is 1. The molecule has 2 aliphatic carbocycles. The second-order valence-corrected chi connectivity index (χ2v) is 6.22. The Morgan fingerprint density at radius 3 is 2.74 bits per heavy atom. The first kappa shape index (κ1) is 11.5. The zero-order valence-corrected chi connectivity index (χ0v) is 11.5. The highest BCUT2D eigenvalue weighted by atomic mass is 15.1. The summed E-state index contributed by atoms with van der Waals surface area (Å²) < 4.78 is 2.51. The van der Waals surface area contributed by atoms with Crippen molar-refractivity contribution in [1.82, 2.24) is 9.55 Å². The number of fused-ring (bicyclic) bond motifs is 1. The summed E-state index contributed by atoms with van der Waals surface area (Å²) >= 11 is 0. The molecule has 1 heterocycles. The van der Waals surface area contributed by atoms with Gasteiger partial charge in [0.25, 0.3) is 0 Å². The zero-order valence-electron chi connectivity index (χ0n) is 11.5. The average molecular weight is 255 g/mol. The number of hydrogen-bond donors (Lipinski definition) is 1. The lowest BCUT2D eigenvalue weighted by Gasteiger charge is -2.13. The van der Waals surface area contributed by atoms with E-state index in [0.29, 0.717) is 18.5 Å². The minimum absolute atomic E-state index is 0.597. The Bertz CT molecular complexity index is 620. The molecule has 1 aromatic carbocycles. The van der Waals surface area contributed by atoms with E-state index in [9.17, 15) is 0 Å². The molecule has 2 fully saturated rings. The highest BCUT2D eigenvalue weighted by Crippen LogP contribution is 2.46. The zero-order chi connectivity index (χ0) is 13.0. The normalized spacial score (nSPS) is 20.9. The molecular weight excluding hydrogens is 234 g/mol. The molecule has 0 amide bonds. The van der Waals surface area contributed by atoms with Crippen molar-refractivity contribution in [2.75, 3.05) is 0 Å². The fourth-order valence-electron chi connectivity index (χ4n) is 3.13. The van der Waals surface area contributed by atoms with Crippen LogP contribution in [0.4, 0.5) is 0 Å². The minimum atomic E-state index is 0.597. The summed E-state index contributed by atoms with van der Waals surface area (Å²) in [6.45, 7) is 2.95. The standard InChI is InChI=1S/C16H21N3/c1-10(12-3-4-12)16-18-14-8-11(9-17)2-7-15(14)19(16)13-5-6-13/h2,7-8,10,12-13H,3-6,9,17H2,1H3. The second kappa shape index (κ2) is 4.07. The van der Waals surface area contributed by atoms with Crippen molar-refractivity contribution in [3.8, 4) is 0 Å². The van der Waals surface area contributed by atoms with E-state index in [1.54, 1.807) is 0 Å². The SMILES string of the molecule is CC(c1nc2cc(CN)ccc2n1C1CC1)C1CC1. The van der Waals surface area contributed by atoms with Crippen molar-refractivity contribution >= 4 is 11.0 Å². The van der Waals surface area contributed by atoms with Crippen LogP contribution in [0.3, 0.4) is 0 Å². The molecule has 3 nitrogen and oxygen atoms in total. The van der Waals surface area contributed by atoms with Crippen LogP contribution in [0.25, 0.3) is 11.0 Å². The van der Waals surface area contributed by atoms with Gasteiger partial charge in [-0.1, -0.05) is 13.0 Å². The van der Waals surface area contributed by atoms with E-state index >= 15 is 0 Å². The molecule has 2 N–H and O–H groups in total. The third-order valence-electron chi connectivity index (χ3n) is 4.67. The lowest BCUT2D eigenvalue weighted by Crippen LogP contribution is -2.07. The maximum absolute atomic E-state index is 5.74. The summed E-state index contributed by atoms with van der Waals surface area (Å²) in [5, 5.41) is 0. The third kappa shape index (κ3) is 1.88. The van der Waals surface area contributed by atoms with Gasteiger partial charge in [-0.25, -0.2) is 4.98 Å². The Morgan fingerprint density at radius 2 is 2.11 bits per heavy atom. The highest BCUT2D eigenvalue weighted by Gasteiger charge is 2.35. The maximum Gasteiger partial charge on any atom is 0.113 e. The van der Waals surface area contributed by atoms with Crippen molar-refractivity contribution in [3.63, 3.8) is 0 Å². The van der Waals surface area contributed by atoms with Gasteiger partial charge in [-0.05, 0) is 49.3 Å². The highest BCUT2D eigenvalue weighted by molar-refractivity contribution is 5.77. The molecule has 4 rings (SSSR count). The fourth-order valence-corrected chi connectivity index (χ4v) is 3.13. The predicted octanol–water partition coefficient (Wildman–Crippen LogP) is 3.34. The predicted molar refractivity (Wildman–Crippen MR) is 77.0 cm³/mol. The average Bonchev–Trinajstić information content (AvgIpc) is 3.32. The van der Waals surface area contributed by atoms with Gasteiger partial charge in [-0.2, -0.15) is 0 Å². The van der Waals surface area contributed by atoms with Gasteiger partial charge in [0, 0.05) is 18.5 Å². The van der Waals surface area contributed by atoms with E-state index in [0.717, 1.165) is 11.4 Å². The van der Waals surface area contributed by atoms with Crippen LogP contribution < -0.4 is 5.73 Å². The maximum atomic E-state index is 5.74.